The van der Waals surface area contributed by atoms with Gasteiger partial charge in [0.25, 0.3) is 0 Å². The van der Waals surface area contributed by atoms with Crippen LogP contribution in [0, 0.1) is 0 Å². The van der Waals surface area contributed by atoms with Gasteiger partial charge in [-0.15, -0.1) is 0 Å². The minimum Gasteiger partial charge on any atom is -0.497 e. The molecule has 3 rings (SSSR count). The topological polar surface area (TPSA) is 67.9 Å². The van der Waals surface area contributed by atoms with Crippen LogP contribution in [0.2, 0.25) is 0 Å². The fourth-order valence-corrected chi connectivity index (χ4v) is 3.76. The highest BCUT2D eigenvalue weighted by Crippen LogP contribution is 2.32. The van der Waals surface area contributed by atoms with Crippen molar-refractivity contribution in [2.45, 2.75) is 38.3 Å². The Morgan fingerprint density at radius 2 is 1.90 bits per heavy atom. The Bertz CT molecular complexity index is 868. The van der Waals surface area contributed by atoms with Crippen LogP contribution in [0.15, 0.2) is 48.5 Å². The summed E-state index contributed by atoms with van der Waals surface area (Å²) in [5.41, 5.74) is 1.16. The number of methoxy groups -OCH3 is 2. The summed E-state index contributed by atoms with van der Waals surface area (Å²) in [7, 11) is 3.22. The summed E-state index contributed by atoms with van der Waals surface area (Å²) >= 11 is 0. The third-order valence-electron chi connectivity index (χ3n) is 5.61. The molecule has 29 heavy (non-hydrogen) atoms. The first-order valence-electron chi connectivity index (χ1n) is 9.81. The van der Waals surface area contributed by atoms with Gasteiger partial charge in [0.1, 0.15) is 17.0 Å². The maximum absolute atomic E-state index is 13.0. The number of hydrogen-bond acceptors (Lipinski definition) is 4. The standard InChI is InChI=1S/C23H28N2O4/c1-23(22(27)24-16-17-7-5-4-6-8-17)13-11-21(26)25(23)14-12-18-9-10-19(28-2)15-20(18)29-3/h4-10,15H,11-14,16H2,1-3H3,(H,24,27)/t23-/m1/s1. The van der Waals surface area contributed by atoms with E-state index in [2.05, 4.69) is 5.32 Å². The SMILES string of the molecule is COc1ccc(CCN2C(=O)CC[C@]2(C)C(=O)NCc2ccccc2)c(OC)c1. The Hall–Kier alpha value is -3.02. The maximum atomic E-state index is 13.0. The van der Waals surface area contributed by atoms with Crippen molar-refractivity contribution in [2.24, 2.45) is 0 Å². The number of amides is 2. The van der Waals surface area contributed by atoms with Crippen molar-refractivity contribution < 1.29 is 19.1 Å². The van der Waals surface area contributed by atoms with E-state index in [9.17, 15) is 9.59 Å². The lowest BCUT2D eigenvalue weighted by atomic mass is 9.97. The molecule has 1 heterocycles. The van der Waals surface area contributed by atoms with E-state index >= 15 is 0 Å². The monoisotopic (exact) mass is 396 g/mol. The van der Waals surface area contributed by atoms with Crippen molar-refractivity contribution in [1.29, 1.82) is 0 Å². The zero-order valence-corrected chi connectivity index (χ0v) is 17.2. The molecule has 1 aliphatic heterocycles. The summed E-state index contributed by atoms with van der Waals surface area (Å²) < 4.78 is 10.7. The number of benzene rings is 2. The summed E-state index contributed by atoms with van der Waals surface area (Å²) in [5, 5.41) is 2.99. The highest BCUT2D eigenvalue weighted by molar-refractivity contribution is 5.94. The van der Waals surface area contributed by atoms with E-state index in [1.807, 2.05) is 55.5 Å². The average Bonchev–Trinajstić information content (AvgIpc) is 3.05. The number of likely N-dealkylation sites (tertiary alicyclic amines) is 1. The molecule has 1 aliphatic rings. The van der Waals surface area contributed by atoms with Gasteiger partial charge in [-0.1, -0.05) is 36.4 Å². The van der Waals surface area contributed by atoms with Gasteiger partial charge < -0.3 is 19.7 Å². The molecule has 2 aromatic carbocycles. The number of hydrogen-bond donors (Lipinski definition) is 1. The van der Waals surface area contributed by atoms with Crippen LogP contribution in [-0.2, 0) is 22.6 Å². The van der Waals surface area contributed by atoms with Gasteiger partial charge in [-0.2, -0.15) is 0 Å². The van der Waals surface area contributed by atoms with Gasteiger partial charge in [0.05, 0.1) is 14.2 Å². The molecule has 1 N–H and O–H groups in total. The number of nitrogens with one attached hydrogen (secondary N) is 1. The van der Waals surface area contributed by atoms with Crippen LogP contribution >= 0.6 is 0 Å². The molecular formula is C23H28N2O4. The normalized spacial score (nSPS) is 18.6. The summed E-state index contributed by atoms with van der Waals surface area (Å²) in [4.78, 5) is 27.2. The Kier molecular flexibility index (Phi) is 6.42. The first kappa shape index (κ1) is 20.7. The van der Waals surface area contributed by atoms with E-state index in [4.69, 9.17) is 9.47 Å². The molecule has 2 aromatic rings. The van der Waals surface area contributed by atoms with Crippen molar-refractivity contribution in [1.82, 2.24) is 10.2 Å². The zero-order chi connectivity index (χ0) is 20.9. The van der Waals surface area contributed by atoms with E-state index in [1.165, 1.54) is 0 Å². The Morgan fingerprint density at radius 3 is 2.59 bits per heavy atom. The highest BCUT2D eigenvalue weighted by Gasteiger charge is 2.46. The van der Waals surface area contributed by atoms with Crippen LogP contribution in [0.5, 0.6) is 11.5 Å². The van der Waals surface area contributed by atoms with E-state index in [1.54, 1.807) is 19.1 Å². The molecule has 0 spiro atoms. The molecule has 0 saturated carbocycles. The summed E-state index contributed by atoms with van der Waals surface area (Å²) in [6, 6.07) is 15.4. The Morgan fingerprint density at radius 1 is 1.14 bits per heavy atom. The number of ether oxygens (including phenoxy) is 2. The summed E-state index contributed by atoms with van der Waals surface area (Å²) in [6.07, 6.45) is 1.50. The summed E-state index contributed by atoms with van der Waals surface area (Å²) in [6.45, 7) is 2.75. The highest BCUT2D eigenvalue weighted by atomic mass is 16.5. The fourth-order valence-electron chi connectivity index (χ4n) is 3.76. The fraction of sp³-hybridized carbons (Fsp3) is 0.391. The molecule has 1 saturated heterocycles. The van der Waals surface area contributed by atoms with Gasteiger partial charge in [0, 0.05) is 25.6 Å². The third-order valence-corrected chi connectivity index (χ3v) is 5.61. The van der Waals surface area contributed by atoms with Gasteiger partial charge in [0.2, 0.25) is 11.8 Å². The van der Waals surface area contributed by atoms with E-state index in [0.717, 1.165) is 11.1 Å². The molecular weight excluding hydrogens is 368 g/mol. The molecule has 6 heteroatoms. The molecule has 0 aliphatic carbocycles. The largest absolute Gasteiger partial charge is 0.497 e. The lowest BCUT2D eigenvalue weighted by Gasteiger charge is -2.34. The second-order valence-electron chi connectivity index (χ2n) is 7.42. The molecule has 154 valence electrons. The van der Waals surface area contributed by atoms with Crippen LogP contribution in [0.25, 0.3) is 0 Å². The molecule has 0 aromatic heterocycles. The molecule has 1 fully saturated rings. The minimum absolute atomic E-state index is 0.00911. The van der Waals surface area contributed by atoms with Gasteiger partial charge in [-0.25, -0.2) is 0 Å². The summed E-state index contributed by atoms with van der Waals surface area (Å²) in [5.74, 6) is 1.32. The van der Waals surface area contributed by atoms with Crippen molar-refractivity contribution in [3.8, 4) is 11.5 Å². The quantitative estimate of drug-likeness (QED) is 0.745. The third kappa shape index (κ3) is 4.53. The first-order chi connectivity index (χ1) is 14.0. The number of carbonyl (C=O) groups is 2. The van der Waals surface area contributed by atoms with Crippen molar-refractivity contribution in [3.05, 3.63) is 59.7 Å². The second-order valence-corrected chi connectivity index (χ2v) is 7.42. The molecule has 0 unspecified atom stereocenters. The van der Waals surface area contributed by atoms with Gasteiger partial charge in [-0.05, 0) is 37.0 Å². The van der Waals surface area contributed by atoms with Gasteiger partial charge in [-0.3, -0.25) is 9.59 Å². The Balaban J connectivity index is 1.68. The van der Waals surface area contributed by atoms with Crippen molar-refractivity contribution >= 4 is 11.8 Å². The van der Waals surface area contributed by atoms with Crippen LogP contribution in [0.4, 0.5) is 0 Å². The predicted molar refractivity (Wildman–Crippen MR) is 111 cm³/mol. The smallest absolute Gasteiger partial charge is 0.245 e. The Labute approximate surface area is 171 Å². The average molecular weight is 396 g/mol. The number of nitrogens with zero attached hydrogens (tertiary/aromatic N) is 1. The molecule has 0 radical (unpaired) electrons. The number of carbonyl (C=O) groups excluding carboxylic acids is 2. The maximum Gasteiger partial charge on any atom is 0.245 e. The van der Waals surface area contributed by atoms with E-state index in [0.29, 0.717) is 43.9 Å². The lowest BCUT2D eigenvalue weighted by Crippen LogP contribution is -2.54. The van der Waals surface area contributed by atoms with Crippen molar-refractivity contribution in [3.63, 3.8) is 0 Å². The van der Waals surface area contributed by atoms with Crippen LogP contribution in [0.3, 0.4) is 0 Å². The first-order valence-corrected chi connectivity index (χ1v) is 9.81. The molecule has 0 bridgehead atoms. The van der Waals surface area contributed by atoms with Crippen LogP contribution in [-0.4, -0.2) is 43.0 Å². The zero-order valence-electron chi connectivity index (χ0n) is 17.2. The van der Waals surface area contributed by atoms with Gasteiger partial charge in [0.15, 0.2) is 0 Å². The van der Waals surface area contributed by atoms with Crippen LogP contribution < -0.4 is 14.8 Å². The minimum atomic E-state index is -0.842. The molecule has 1 atom stereocenters. The molecule has 6 nitrogen and oxygen atoms in total. The lowest BCUT2D eigenvalue weighted by molar-refractivity contribution is -0.140. The van der Waals surface area contributed by atoms with Crippen molar-refractivity contribution in [2.75, 3.05) is 20.8 Å². The van der Waals surface area contributed by atoms with E-state index < -0.39 is 5.54 Å². The number of rotatable bonds is 8. The van der Waals surface area contributed by atoms with Crippen LogP contribution in [0.1, 0.15) is 30.9 Å². The predicted octanol–water partition coefficient (Wildman–Crippen LogP) is 2.94. The van der Waals surface area contributed by atoms with Gasteiger partial charge >= 0.3 is 0 Å². The molecule has 2 amide bonds. The second kappa shape index (κ2) is 8.99. The van der Waals surface area contributed by atoms with E-state index in [-0.39, 0.29) is 11.8 Å².